The van der Waals surface area contributed by atoms with Crippen LogP contribution < -0.4 is 5.32 Å². The highest BCUT2D eigenvalue weighted by Gasteiger charge is 2.31. The number of aromatic nitrogens is 2. The zero-order valence-corrected chi connectivity index (χ0v) is 9.74. The van der Waals surface area contributed by atoms with Crippen molar-refractivity contribution >= 4 is 5.97 Å². The van der Waals surface area contributed by atoms with Crippen LogP contribution in [-0.2, 0) is 11.3 Å². The summed E-state index contributed by atoms with van der Waals surface area (Å²) >= 11 is 0. The highest BCUT2D eigenvalue weighted by atomic mass is 19.4. The standard InChI is InChI=1S/C10H14F3N3O2/c1-2-3-16-5-7(4-15-16)8(9(17)18)14-6-10(11,12)13/h4-5,8,14H,2-3,6H2,1H3,(H,17,18). The van der Waals surface area contributed by atoms with Crippen molar-refractivity contribution in [2.75, 3.05) is 6.54 Å². The lowest BCUT2D eigenvalue weighted by Gasteiger charge is -2.14. The maximum absolute atomic E-state index is 12.0. The number of alkyl halides is 3. The smallest absolute Gasteiger partial charge is 0.401 e. The average Bonchev–Trinajstić information content (AvgIpc) is 2.65. The van der Waals surface area contributed by atoms with Crippen molar-refractivity contribution in [2.45, 2.75) is 32.1 Å². The molecule has 18 heavy (non-hydrogen) atoms. The first-order valence-corrected chi connectivity index (χ1v) is 5.38. The van der Waals surface area contributed by atoms with Gasteiger partial charge in [-0.25, -0.2) is 0 Å². The van der Waals surface area contributed by atoms with Gasteiger partial charge in [0.2, 0.25) is 0 Å². The number of hydrogen-bond acceptors (Lipinski definition) is 3. The molecule has 1 aromatic heterocycles. The van der Waals surface area contributed by atoms with Gasteiger partial charge in [-0.3, -0.25) is 14.8 Å². The predicted molar refractivity (Wildman–Crippen MR) is 57.0 cm³/mol. The number of carboxylic acid groups (broad SMARTS) is 1. The SMILES string of the molecule is CCCn1cc(C(NCC(F)(F)F)C(=O)O)cn1. The van der Waals surface area contributed by atoms with Crippen LogP contribution in [0.1, 0.15) is 24.9 Å². The van der Waals surface area contributed by atoms with Crippen LogP contribution in [0.5, 0.6) is 0 Å². The molecule has 0 amide bonds. The third-order valence-corrected chi connectivity index (χ3v) is 2.19. The third-order valence-electron chi connectivity index (χ3n) is 2.19. The Balaban J connectivity index is 2.74. The van der Waals surface area contributed by atoms with Gasteiger partial charge in [-0.1, -0.05) is 6.92 Å². The molecule has 0 fully saturated rings. The van der Waals surface area contributed by atoms with Crippen LogP contribution in [0.4, 0.5) is 13.2 Å². The van der Waals surface area contributed by atoms with Gasteiger partial charge in [0.05, 0.1) is 12.7 Å². The lowest BCUT2D eigenvalue weighted by molar-refractivity contribution is -0.143. The summed E-state index contributed by atoms with van der Waals surface area (Å²) in [5.41, 5.74) is 0.209. The topological polar surface area (TPSA) is 67.2 Å². The minimum absolute atomic E-state index is 0.209. The zero-order valence-electron chi connectivity index (χ0n) is 9.74. The Bertz CT molecular complexity index is 403. The summed E-state index contributed by atoms with van der Waals surface area (Å²) in [7, 11) is 0. The molecule has 0 aliphatic carbocycles. The van der Waals surface area contributed by atoms with Gasteiger partial charge in [-0.15, -0.1) is 0 Å². The van der Waals surface area contributed by atoms with Crippen molar-refractivity contribution in [1.29, 1.82) is 0 Å². The molecule has 0 aliphatic heterocycles. The maximum Gasteiger partial charge on any atom is 0.401 e. The van der Waals surface area contributed by atoms with E-state index >= 15 is 0 Å². The molecule has 0 aliphatic rings. The van der Waals surface area contributed by atoms with Gasteiger partial charge in [0, 0.05) is 18.3 Å². The van der Waals surface area contributed by atoms with E-state index in [0.29, 0.717) is 6.54 Å². The van der Waals surface area contributed by atoms with Crippen LogP contribution in [0.3, 0.4) is 0 Å². The average molecular weight is 265 g/mol. The molecule has 8 heteroatoms. The number of nitrogens with one attached hydrogen (secondary N) is 1. The molecule has 1 aromatic rings. The fourth-order valence-electron chi connectivity index (χ4n) is 1.45. The van der Waals surface area contributed by atoms with Crippen LogP contribution in [0.2, 0.25) is 0 Å². The van der Waals surface area contributed by atoms with E-state index < -0.39 is 24.7 Å². The van der Waals surface area contributed by atoms with Gasteiger partial charge in [-0.05, 0) is 6.42 Å². The maximum atomic E-state index is 12.0. The van der Waals surface area contributed by atoms with Crippen LogP contribution in [0.15, 0.2) is 12.4 Å². The van der Waals surface area contributed by atoms with Crippen LogP contribution in [0.25, 0.3) is 0 Å². The molecule has 1 atom stereocenters. The van der Waals surface area contributed by atoms with E-state index in [1.54, 1.807) is 0 Å². The minimum atomic E-state index is -4.45. The van der Waals surface area contributed by atoms with Crippen molar-refractivity contribution < 1.29 is 23.1 Å². The molecule has 0 saturated carbocycles. The Kier molecular flexibility index (Phi) is 4.71. The normalized spacial score (nSPS) is 13.6. The van der Waals surface area contributed by atoms with Crippen molar-refractivity contribution in [3.05, 3.63) is 18.0 Å². The first kappa shape index (κ1) is 14.5. The van der Waals surface area contributed by atoms with Crippen molar-refractivity contribution in [2.24, 2.45) is 0 Å². The second-order valence-electron chi connectivity index (χ2n) is 3.80. The molecule has 2 N–H and O–H groups in total. The number of aryl methyl sites for hydroxylation is 1. The minimum Gasteiger partial charge on any atom is -0.480 e. The van der Waals surface area contributed by atoms with E-state index in [0.717, 1.165) is 6.42 Å². The molecule has 0 radical (unpaired) electrons. The number of carboxylic acids is 1. The Morgan fingerprint density at radius 3 is 2.78 bits per heavy atom. The van der Waals surface area contributed by atoms with Gasteiger partial charge in [-0.2, -0.15) is 18.3 Å². The molecule has 1 rings (SSSR count). The third kappa shape index (κ3) is 4.36. The van der Waals surface area contributed by atoms with Crippen LogP contribution >= 0.6 is 0 Å². The van der Waals surface area contributed by atoms with Crippen molar-refractivity contribution in [1.82, 2.24) is 15.1 Å². The molecule has 0 saturated heterocycles. The number of hydrogen-bond donors (Lipinski definition) is 2. The lowest BCUT2D eigenvalue weighted by atomic mass is 10.1. The summed E-state index contributed by atoms with van der Waals surface area (Å²) in [5.74, 6) is -1.37. The number of halogens is 3. The molecule has 0 aromatic carbocycles. The molecular weight excluding hydrogens is 251 g/mol. The fraction of sp³-hybridized carbons (Fsp3) is 0.600. The van der Waals surface area contributed by atoms with Gasteiger partial charge in [0.1, 0.15) is 6.04 Å². The second-order valence-corrected chi connectivity index (χ2v) is 3.80. The van der Waals surface area contributed by atoms with Gasteiger partial charge in [0.25, 0.3) is 0 Å². The Hall–Kier alpha value is -1.57. The van der Waals surface area contributed by atoms with Gasteiger partial charge < -0.3 is 5.11 Å². The Morgan fingerprint density at radius 2 is 2.28 bits per heavy atom. The number of rotatable bonds is 6. The Morgan fingerprint density at radius 1 is 1.61 bits per heavy atom. The largest absolute Gasteiger partial charge is 0.480 e. The second kappa shape index (κ2) is 5.85. The van der Waals surface area contributed by atoms with Crippen LogP contribution in [0, 0.1) is 0 Å². The quantitative estimate of drug-likeness (QED) is 0.819. The number of aliphatic carboxylic acids is 1. The molecule has 0 bridgehead atoms. The monoisotopic (exact) mass is 265 g/mol. The van der Waals surface area contributed by atoms with E-state index in [4.69, 9.17) is 5.11 Å². The highest BCUT2D eigenvalue weighted by molar-refractivity contribution is 5.75. The van der Waals surface area contributed by atoms with E-state index in [9.17, 15) is 18.0 Å². The molecular formula is C10H14F3N3O2. The lowest BCUT2D eigenvalue weighted by Crippen LogP contribution is -2.35. The molecule has 1 unspecified atom stereocenters. The van der Waals surface area contributed by atoms with E-state index in [2.05, 4.69) is 5.10 Å². The summed E-state index contributed by atoms with van der Waals surface area (Å²) in [4.78, 5) is 10.9. The van der Waals surface area contributed by atoms with E-state index in [-0.39, 0.29) is 5.56 Å². The number of nitrogens with zero attached hydrogens (tertiary/aromatic N) is 2. The predicted octanol–water partition coefficient (Wildman–Crippen LogP) is 1.57. The molecule has 1 heterocycles. The molecule has 102 valence electrons. The Labute approximate surface area is 102 Å². The summed E-state index contributed by atoms with van der Waals surface area (Å²) in [6.07, 6.45) is -0.953. The first-order valence-electron chi connectivity index (χ1n) is 5.38. The van der Waals surface area contributed by atoms with E-state index in [1.807, 2.05) is 12.2 Å². The highest BCUT2D eigenvalue weighted by Crippen LogP contribution is 2.17. The van der Waals surface area contributed by atoms with Gasteiger partial charge in [0.15, 0.2) is 0 Å². The van der Waals surface area contributed by atoms with Crippen molar-refractivity contribution in [3.63, 3.8) is 0 Å². The fourth-order valence-corrected chi connectivity index (χ4v) is 1.45. The number of carbonyl (C=O) groups is 1. The van der Waals surface area contributed by atoms with Gasteiger partial charge >= 0.3 is 12.1 Å². The molecule has 0 spiro atoms. The molecule has 5 nitrogen and oxygen atoms in total. The summed E-state index contributed by atoms with van der Waals surface area (Å²) in [5, 5.41) is 14.7. The summed E-state index contributed by atoms with van der Waals surface area (Å²) in [6, 6.07) is -1.41. The summed E-state index contributed by atoms with van der Waals surface area (Å²) < 4.78 is 37.6. The first-order chi connectivity index (χ1) is 8.33. The van der Waals surface area contributed by atoms with E-state index in [1.165, 1.54) is 17.1 Å². The zero-order chi connectivity index (χ0) is 13.8. The van der Waals surface area contributed by atoms with Crippen molar-refractivity contribution in [3.8, 4) is 0 Å². The van der Waals surface area contributed by atoms with Crippen LogP contribution in [-0.4, -0.2) is 33.6 Å². The summed E-state index contributed by atoms with van der Waals surface area (Å²) in [6.45, 7) is 1.15.